The Labute approximate surface area is 169 Å². The Kier molecular flexibility index (Phi) is 6.06. The van der Waals surface area contributed by atoms with E-state index < -0.39 is 0 Å². The summed E-state index contributed by atoms with van der Waals surface area (Å²) in [4.78, 5) is 26.6. The van der Waals surface area contributed by atoms with Crippen LogP contribution in [-0.2, 0) is 11.3 Å². The molecule has 26 heavy (non-hydrogen) atoms. The maximum absolute atomic E-state index is 12.7. The first-order valence-electron chi connectivity index (χ1n) is 7.90. The van der Waals surface area contributed by atoms with E-state index in [4.69, 9.17) is 16.3 Å². The average molecular weight is 453 g/mol. The van der Waals surface area contributed by atoms with Gasteiger partial charge >= 0.3 is 0 Å². The summed E-state index contributed by atoms with van der Waals surface area (Å²) in [5.74, 6) is 0.330. The summed E-state index contributed by atoms with van der Waals surface area (Å²) in [5.41, 5.74) is 1.47. The van der Waals surface area contributed by atoms with E-state index in [1.165, 1.54) is 4.90 Å². The highest BCUT2D eigenvalue weighted by Gasteiger charge is 2.35. The molecule has 7 heteroatoms. The first-order valence-corrected chi connectivity index (χ1v) is 9.89. The van der Waals surface area contributed by atoms with Gasteiger partial charge in [-0.05, 0) is 54.6 Å². The van der Waals surface area contributed by atoms with Gasteiger partial charge in [-0.25, -0.2) is 0 Å². The van der Waals surface area contributed by atoms with Gasteiger partial charge in [-0.3, -0.25) is 14.5 Å². The number of amides is 2. The normalized spacial score (nSPS) is 15.8. The second-order valence-corrected chi connectivity index (χ2v) is 7.79. The van der Waals surface area contributed by atoms with Crippen LogP contribution in [0.4, 0.5) is 4.79 Å². The number of hydrogen-bond acceptors (Lipinski definition) is 4. The van der Waals surface area contributed by atoms with Gasteiger partial charge in [0, 0.05) is 15.1 Å². The Morgan fingerprint density at radius 2 is 2.00 bits per heavy atom. The minimum atomic E-state index is -0.331. The summed E-state index contributed by atoms with van der Waals surface area (Å²) in [6.07, 6.45) is 1.69. The van der Waals surface area contributed by atoms with Gasteiger partial charge in [-0.2, -0.15) is 0 Å². The predicted molar refractivity (Wildman–Crippen MR) is 108 cm³/mol. The van der Waals surface area contributed by atoms with E-state index in [9.17, 15) is 9.59 Å². The standard InChI is InChI=1S/C19H15BrClNO3S/c1-2-25-16-8-7-14(20)9-13(16)10-17-18(23)22(19(24)26-17)11-12-5-3-4-6-15(12)21/h3-10H,2,11H2,1H3/b17-10-. The molecule has 3 rings (SSSR count). The molecule has 0 bridgehead atoms. The Bertz CT molecular complexity index is 900. The third-order valence-electron chi connectivity index (χ3n) is 3.72. The second kappa shape index (κ2) is 8.29. The molecule has 1 aliphatic heterocycles. The highest BCUT2D eigenvalue weighted by molar-refractivity contribution is 9.10. The Morgan fingerprint density at radius 1 is 1.23 bits per heavy atom. The lowest BCUT2D eigenvalue weighted by Gasteiger charge is -2.13. The molecule has 0 atom stereocenters. The molecule has 1 saturated heterocycles. The molecule has 2 aromatic carbocycles. The van der Waals surface area contributed by atoms with Crippen LogP contribution in [0.15, 0.2) is 51.8 Å². The van der Waals surface area contributed by atoms with E-state index in [1.807, 2.05) is 37.3 Å². The molecule has 1 heterocycles. The Balaban J connectivity index is 1.88. The van der Waals surface area contributed by atoms with Gasteiger partial charge < -0.3 is 4.74 Å². The fourth-order valence-corrected chi connectivity index (χ4v) is 3.90. The van der Waals surface area contributed by atoms with Crippen LogP contribution in [0.5, 0.6) is 5.75 Å². The zero-order valence-electron chi connectivity index (χ0n) is 13.9. The highest BCUT2D eigenvalue weighted by atomic mass is 79.9. The topological polar surface area (TPSA) is 46.6 Å². The first-order chi connectivity index (χ1) is 12.5. The molecule has 0 spiro atoms. The van der Waals surface area contributed by atoms with Crippen LogP contribution in [0.25, 0.3) is 6.08 Å². The van der Waals surface area contributed by atoms with Crippen LogP contribution in [-0.4, -0.2) is 22.7 Å². The van der Waals surface area contributed by atoms with Crippen molar-refractivity contribution in [2.45, 2.75) is 13.5 Å². The van der Waals surface area contributed by atoms with Crippen molar-refractivity contribution in [3.05, 3.63) is 68.0 Å². The van der Waals surface area contributed by atoms with E-state index in [2.05, 4.69) is 15.9 Å². The van der Waals surface area contributed by atoms with Crippen molar-refractivity contribution in [1.29, 1.82) is 0 Å². The van der Waals surface area contributed by atoms with Gasteiger partial charge in [0.25, 0.3) is 11.1 Å². The second-order valence-electron chi connectivity index (χ2n) is 5.47. The van der Waals surface area contributed by atoms with E-state index in [1.54, 1.807) is 18.2 Å². The minimum absolute atomic E-state index is 0.151. The quantitative estimate of drug-likeness (QED) is 0.543. The molecule has 0 aliphatic carbocycles. The average Bonchev–Trinajstić information content (AvgIpc) is 2.87. The smallest absolute Gasteiger partial charge is 0.293 e. The monoisotopic (exact) mass is 451 g/mol. The molecule has 134 valence electrons. The van der Waals surface area contributed by atoms with Crippen molar-refractivity contribution in [3.8, 4) is 5.75 Å². The molecule has 0 saturated carbocycles. The largest absolute Gasteiger partial charge is 0.493 e. The number of hydrogen-bond donors (Lipinski definition) is 0. The number of nitrogens with zero attached hydrogens (tertiary/aromatic N) is 1. The van der Waals surface area contributed by atoms with Crippen molar-refractivity contribution in [2.75, 3.05) is 6.61 Å². The van der Waals surface area contributed by atoms with Gasteiger partial charge in [0.05, 0.1) is 18.1 Å². The summed E-state index contributed by atoms with van der Waals surface area (Å²) in [6, 6.07) is 12.7. The third kappa shape index (κ3) is 4.14. The molecule has 2 aromatic rings. The van der Waals surface area contributed by atoms with Crippen molar-refractivity contribution < 1.29 is 14.3 Å². The summed E-state index contributed by atoms with van der Waals surface area (Å²) < 4.78 is 6.46. The summed E-state index contributed by atoms with van der Waals surface area (Å²) in [7, 11) is 0. The maximum atomic E-state index is 12.7. The number of rotatable bonds is 5. The molecule has 4 nitrogen and oxygen atoms in total. The van der Waals surface area contributed by atoms with Gasteiger partial charge in [-0.15, -0.1) is 0 Å². The van der Waals surface area contributed by atoms with Crippen LogP contribution in [0.1, 0.15) is 18.1 Å². The molecule has 0 radical (unpaired) electrons. The summed E-state index contributed by atoms with van der Waals surface area (Å²) >= 11 is 10.5. The zero-order valence-corrected chi connectivity index (χ0v) is 17.0. The zero-order chi connectivity index (χ0) is 18.7. The van der Waals surface area contributed by atoms with Gasteiger partial charge in [0.1, 0.15) is 5.75 Å². The minimum Gasteiger partial charge on any atom is -0.493 e. The Hall–Kier alpha value is -1.76. The molecular formula is C19H15BrClNO3S. The van der Waals surface area contributed by atoms with E-state index >= 15 is 0 Å². The SMILES string of the molecule is CCOc1ccc(Br)cc1/C=C1\SC(=O)N(Cc2ccccc2Cl)C1=O. The van der Waals surface area contributed by atoms with Gasteiger partial charge in [-0.1, -0.05) is 45.7 Å². The number of carbonyl (C=O) groups is 2. The number of ether oxygens (including phenoxy) is 1. The first kappa shape index (κ1) is 19.0. The molecule has 1 fully saturated rings. The fourth-order valence-electron chi connectivity index (χ4n) is 2.49. The molecule has 0 N–H and O–H groups in total. The van der Waals surface area contributed by atoms with Crippen molar-refractivity contribution >= 4 is 56.5 Å². The summed E-state index contributed by atoms with van der Waals surface area (Å²) in [5, 5.41) is 0.218. The Morgan fingerprint density at radius 3 is 2.73 bits per heavy atom. The lowest BCUT2D eigenvalue weighted by molar-refractivity contribution is -0.123. The number of imide groups is 1. The van der Waals surface area contributed by atoms with Gasteiger partial charge in [0.15, 0.2) is 0 Å². The van der Waals surface area contributed by atoms with Crippen molar-refractivity contribution in [3.63, 3.8) is 0 Å². The fraction of sp³-hybridized carbons (Fsp3) is 0.158. The van der Waals surface area contributed by atoms with Crippen LogP contribution < -0.4 is 4.74 Å². The van der Waals surface area contributed by atoms with Crippen LogP contribution >= 0.6 is 39.3 Å². The number of benzene rings is 2. The lowest BCUT2D eigenvalue weighted by Crippen LogP contribution is -2.27. The number of carbonyl (C=O) groups excluding carboxylic acids is 2. The van der Waals surface area contributed by atoms with E-state index in [0.29, 0.717) is 22.3 Å². The van der Waals surface area contributed by atoms with Crippen LogP contribution in [0, 0.1) is 0 Å². The molecule has 1 aliphatic rings. The molecular weight excluding hydrogens is 438 g/mol. The van der Waals surface area contributed by atoms with Crippen molar-refractivity contribution in [1.82, 2.24) is 4.90 Å². The lowest BCUT2D eigenvalue weighted by atomic mass is 10.1. The van der Waals surface area contributed by atoms with Crippen LogP contribution in [0.2, 0.25) is 5.02 Å². The molecule has 2 amide bonds. The summed E-state index contributed by atoms with van der Waals surface area (Å²) in [6.45, 7) is 2.55. The van der Waals surface area contributed by atoms with Crippen LogP contribution in [0.3, 0.4) is 0 Å². The van der Waals surface area contributed by atoms with Crippen molar-refractivity contribution in [2.24, 2.45) is 0 Å². The highest BCUT2D eigenvalue weighted by Crippen LogP contribution is 2.36. The maximum Gasteiger partial charge on any atom is 0.293 e. The molecule has 0 aromatic heterocycles. The number of halogens is 2. The number of thioether (sulfide) groups is 1. The van der Waals surface area contributed by atoms with E-state index in [0.717, 1.165) is 27.4 Å². The third-order valence-corrected chi connectivity index (χ3v) is 5.49. The van der Waals surface area contributed by atoms with Gasteiger partial charge in [0.2, 0.25) is 0 Å². The molecule has 0 unspecified atom stereocenters. The van der Waals surface area contributed by atoms with E-state index in [-0.39, 0.29) is 17.7 Å². The predicted octanol–water partition coefficient (Wildman–Crippen LogP) is 5.74.